The van der Waals surface area contributed by atoms with Gasteiger partial charge in [-0.2, -0.15) is 0 Å². The number of nitrogens with one attached hydrogen (secondary N) is 1. The molecular formula is C9H17NO. The van der Waals surface area contributed by atoms with Crippen molar-refractivity contribution in [2.24, 2.45) is 0 Å². The fourth-order valence-electron chi connectivity index (χ4n) is 0.649. The fraction of sp³-hybridized carbons (Fsp3) is 0.667. The third-order valence-electron chi connectivity index (χ3n) is 1.61. The van der Waals surface area contributed by atoms with Gasteiger partial charge in [0.1, 0.15) is 0 Å². The first-order valence-corrected chi connectivity index (χ1v) is 4.13. The summed E-state index contributed by atoms with van der Waals surface area (Å²) in [5.41, 5.74) is 0.793. The van der Waals surface area contributed by atoms with Crippen molar-refractivity contribution in [1.82, 2.24) is 5.32 Å². The molecule has 2 heteroatoms. The minimum atomic E-state index is 0.0564. The van der Waals surface area contributed by atoms with E-state index in [0.717, 1.165) is 25.0 Å². The van der Waals surface area contributed by atoms with Gasteiger partial charge in [0, 0.05) is 12.1 Å². The second kappa shape index (κ2) is 5.96. The van der Waals surface area contributed by atoms with E-state index in [1.807, 2.05) is 19.9 Å². The van der Waals surface area contributed by atoms with E-state index in [4.69, 9.17) is 0 Å². The average Bonchev–Trinajstić information content (AvgIpc) is 2.03. The van der Waals surface area contributed by atoms with Crippen LogP contribution in [0.15, 0.2) is 11.6 Å². The van der Waals surface area contributed by atoms with Crippen LogP contribution in [-0.2, 0) is 4.79 Å². The van der Waals surface area contributed by atoms with Crippen molar-refractivity contribution in [3.8, 4) is 0 Å². The molecule has 0 heterocycles. The minimum absolute atomic E-state index is 0.0564. The molecule has 0 saturated heterocycles. The van der Waals surface area contributed by atoms with Crippen LogP contribution >= 0.6 is 0 Å². The number of allylic oxidation sites excluding steroid dienone is 1. The van der Waals surface area contributed by atoms with Crippen LogP contribution in [0, 0.1) is 0 Å². The maximum Gasteiger partial charge on any atom is 0.246 e. The Morgan fingerprint density at radius 1 is 1.55 bits per heavy atom. The molecule has 0 saturated carbocycles. The number of carbonyl (C=O) groups excluding carboxylic acids is 1. The van der Waals surface area contributed by atoms with Gasteiger partial charge in [-0.15, -0.1) is 0 Å². The summed E-state index contributed by atoms with van der Waals surface area (Å²) in [5, 5.41) is 2.83. The summed E-state index contributed by atoms with van der Waals surface area (Å²) >= 11 is 0. The first kappa shape index (κ1) is 10.2. The predicted molar refractivity (Wildman–Crippen MR) is 47.3 cm³/mol. The molecule has 1 amide bonds. The van der Waals surface area contributed by atoms with Crippen molar-refractivity contribution in [3.63, 3.8) is 0 Å². The molecular weight excluding hydrogens is 138 g/mol. The van der Waals surface area contributed by atoms with Crippen molar-refractivity contribution in [1.29, 1.82) is 0 Å². The van der Waals surface area contributed by atoms with Gasteiger partial charge >= 0.3 is 0 Å². The summed E-state index contributed by atoms with van der Waals surface area (Å²) in [6, 6.07) is 0. The standard InChI is InChI=1S/C9H17NO/c1-4-6-7-10-9(11)8(3)5-2/h5H,4,6-7H2,1-3H3,(H,10,11)/b8-5+. The van der Waals surface area contributed by atoms with Gasteiger partial charge in [0.2, 0.25) is 5.91 Å². The van der Waals surface area contributed by atoms with Gasteiger partial charge in [-0.3, -0.25) is 4.79 Å². The zero-order valence-corrected chi connectivity index (χ0v) is 7.61. The number of unbranched alkanes of at least 4 members (excludes halogenated alkanes) is 1. The number of hydrogen-bond donors (Lipinski definition) is 1. The molecule has 0 spiro atoms. The molecule has 0 rings (SSSR count). The molecule has 0 aliphatic heterocycles. The smallest absolute Gasteiger partial charge is 0.246 e. The van der Waals surface area contributed by atoms with Crippen molar-refractivity contribution in [2.75, 3.05) is 6.54 Å². The van der Waals surface area contributed by atoms with Crippen LogP contribution in [0.1, 0.15) is 33.6 Å². The maximum absolute atomic E-state index is 11.1. The largest absolute Gasteiger partial charge is 0.352 e. The van der Waals surface area contributed by atoms with Gasteiger partial charge in [-0.25, -0.2) is 0 Å². The molecule has 1 N–H and O–H groups in total. The van der Waals surface area contributed by atoms with Crippen molar-refractivity contribution < 1.29 is 4.79 Å². The maximum atomic E-state index is 11.1. The molecule has 11 heavy (non-hydrogen) atoms. The van der Waals surface area contributed by atoms with Crippen molar-refractivity contribution >= 4 is 5.91 Å². The van der Waals surface area contributed by atoms with Crippen LogP contribution in [0.5, 0.6) is 0 Å². The fourth-order valence-corrected chi connectivity index (χ4v) is 0.649. The highest BCUT2D eigenvalue weighted by Gasteiger charge is 1.99. The predicted octanol–water partition coefficient (Wildman–Crippen LogP) is 1.87. The van der Waals surface area contributed by atoms with Gasteiger partial charge < -0.3 is 5.32 Å². The van der Waals surface area contributed by atoms with Crippen LogP contribution in [0.3, 0.4) is 0 Å². The molecule has 0 aliphatic carbocycles. The Labute approximate surface area is 68.7 Å². The van der Waals surface area contributed by atoms with Gasteiger partial charge in [0.15, 0.2) is 0 Å². The second-order valence-corrected chi connectivity index (χ2v) is 2.58. The van der Waals surface area contributed by atoms with E-state index in [1.165, 1.54) is 0 Å². The van der Waals surface area contributed by atoms with E-state index in [0.29, 0.717) is 0 Å². The summed E-state index contributed by atoms with van der Waals surface area (Å²) in [6.07, 6.45) is 4.00. The van der Waals surface area contributed by atoms with Crippen molar-refractivity contribution in [3.05, 3.63) is 11.6 Å². The van der Waals surface area contributed by atoms with E-state index in [9.17, 15) is 4.79 Å². The highest BCUT2D eigenvalue weighted by atomic mass is 16.1. The summed E-state index contributed by atoms with van der Waals surface area (Å²) < 4.78 is 0. The molecule has 2 nitrogen and oxygen atoms in total. The molecule has 0 aliphatic rings. The van der Waals surface area contributed by atoms with E-state index in [1.54, 1.807) is 0 Å². The van der Waals surface area contributed by atoms with Gasteiger partial charge in [0.05, 0.1) is 0 Å². The normalized spacial score (nSPS) is 11.4. The van der Waals surface area contributed by atoms with E-state index >= 15 is 0 Å². The zero-order valence-electron chi connectivity index (χ0n) is 7.61. The molecule has 0 unspecified atom stereocenters. The molecule has 0 radical (unpaired) electrons. The lowest BCUT2D eigenvalue weighted by Gasteiger charge is -2.02. The Balaban J connectivity index is 3.53. The van der Waals surface area contributed by atoms with E-state index in [2.05, 4.69) is 12.2 Å². The lowest BCUT2D eigenvalue weighted by Crippen LogP contribution is -2.24. The average molecular weight is 155 g/mol. The van der Waals surface area contributed by atoms with E-state index < -0.39 is 0 Å². The molecule has 0 aromatic rings. The minimum Gasteiger partial charge on any atom is -0.352 e. The monoisotopic (exact) mass is 155 g/mol. The molecule has 0 aromatic carbocycles. The summed E-state index contributed by atoms with van der Waals surface area (Å²) in [4.78, 5) is 11.1. The quantitative estimate of drug-likeness (QED) is 0.487. The SMILES string of the molecule is C/C=C(\C)C(=O)NCCCC. The number of hydrogen-bond acceptors (Lipinski definition) is 1. The van der Waals surface area contributed by atoms with E-state index in [-0.39, 0.29) is 5.91 Å². The van der Waals surface area contributed by atoms with Crippen LogP contribution in [0.25, 0.3) is 0 Å². The Kier molecular flexibility index (Phi) is 5.53. The molecule has 0 fully saturated rings. The highest BCUT2D eigenvalue weighted by molar-refractivity contribution is 5.92. The first-order valence-electron chi connectivity index (χ1n) is 4.13. The summed E-state index contributed by atoms with van der Waals surface area (Å²) in [7, 11) is 0. The molecule has 0 bridgehead atoms. The Bertz CT molecular complexity index is 150. The Morgan fingerprint density at radius 3 is 2.64 bits per heavy atom. The van der Waals surface area contributed by atoms with Crippen LogP contribution < -0.4 is 5.32 Å². The van der Waals surface area contributed by atoms with Gasteiger partial charge in [-0.05, 0) is 20.3 Å². The first-order chi connectivity index (χ1) is 5.22. The van der Waals surface area contributed by atoms with Crippen molar-refractivity contribution in [2.45, 2.75) is 33.6 Å². The zero-order chi connectivity index (χ0) is 8.69. The Morgan fingerprint density at radius 2 is 2.18 bits per heavy atom. The molecule has 0 atom stereocenters. The van der Waals surface area contributed by atoms with Crippen LogP contribution in [-0.4, -0.2) is 12.5 Å². The van der Waals surface area contributed by atoms with Gasteiger partial charge in [0.25, 0.3) is 0 Å². The lowest BCUT2D eigenvalue weighted by molar-refractivity contribution is -0.117. The third kappa shape index (κ3) is 4.59. The number of rotatable bonds is 4. The van der Waals surface area contributed by atoms with Crippen LogP contribution in [0.4, 0.5) is 0 Å². The highest BCUT2D eigenvalue weighted by Crippen LogP contribution is 1.91. The summed E-state index contributed by atoms with van der Waals surface area (Å²) in [5.74, 6) is 0.0564. The molecule has 64 valence electrons. The second-order valence-electron chi connectivity index (χ2n) is 2.58. The molecule has 0 aromatic heterocycles. The third-order valence-corrected chi connectivity index (χ3v) is 1.61. The number of amides is 1. The number of carbonyl (C=O) groups is 1. The van der Waals surface area contributed by atoms with Gasteiger partial charge in [-0.1, -0.05) is 19.4 Å². The Hall–Kier alpha value is -0.790. The van der Waals surface area contributed by atoms with Crippen LogP contribution in [0.2, 0.25) is 0 Å². The summed E-state index contributed by atoms with van der Waals surface area (Å²) in [6.45, 7) is 6.59. The topological polar surface area (TPSA) is 29.1 Å². The lowest BCUT2D eigenvalue weighted by atomic mass is 10.2.